The van der Waals surface area contributed by atoms with Crippen LogP contribution < -0.4 is 10.6 Å². The molecule has 2 unspecified atom stereocenters. The first-order valence-electron chi connectivity index (χ1n) is 7.36. The summed E-state index contributed by atoms with van der Waals surface area (Å²) in [5.74, 6) is 0. The molecule has 2 N–H and O–H groups in total. The maximum atomic E-state index is 6.08. The van der Waals surface area contributed by atoms with Gasteiger partial charge >= 0.3 is 0 Å². The maximum Gasteiger partial charge on any atom is 0.0956 e. The van der Waals surface area contributed by atoms with Crippen LogP contribution in [0.1, 0.15) is 19.3 Å². The second kappa shape index (κ2) is 4.63. The molecule has 2 heterocycles. The van der Waals surface area contributed by atoms with Gasteiger partial charge in [0.2, 0.25) is 0 Å². The van der Waals surface area contributed by atoms with Gasteiger partial charge in [0.05, 0.1) is 30.0 Å². The van der Waals surface area contributed by atoms with Gasteiger partial charge in [0.1, 0.15) is 0 Å². The standard InChI is InChI=1S/C16H19N3O/c17-12-6-7-14(16-11(12)3-2-8-18-16)19-9-10-20-15-5-1-4-13(15)19/h2-3,6-8,13,15H,1,4-5,9-10,17H2. The fourth-order valence-electron chi connectivity index (χ4n) is 3.64. The van der Waals surface area contributed by atoms with E-state index in [4.69, 9.17) is 10.5 Å². The van der Waals surface area contributed by atoms with Crippen LogP contribution in [-0.2, 0) is 4.74 Å². The van der Waals surface area contributed by atoms with Crippen molar-refractivity contribution in [1.82, 2.24) is 4.98 Å². The number of morpholine rings is 1. The van der Waals surface area contributed by atoms with Crippen LogP contribution in [0.4, 0.5) is 11.4 Å². The number of anilines is 2. The van der Waals surface area contributed by atoms with Gasteiger partial charge in [-0.1, -0.05) is 0 Å². The van der Waals surface area contributed by atoms with Crippen molar-refractivity contribution in [3.8, 4) is 0 Å². The fraction of sp³-hybridized carbons (Fsp3) is 0.438. The zero-order valence-corrected chi connectivity index (χ0v) is 11.5. The van der Waals surface area contributed by atoms with Gasteiger partial charge in [-0.05, 0) is 43.5 Å². The molecule has 2 fully saturated rings. The van der Waals surface area contributed by atoms with E-state index in [9.17, 15) is 0 Å². The van der Waals surface area contributed by atoms with Crippen molar-refractivity contribution in [2.45, 2.75) is 31.4 Å². The lowest BCUT2D eigenvalue weighted by Gasteiger charge is -2.39. The number of aromatic nitrogens is 1. The monoisotopic (exact) mass is 269 g/mol. The summed E-state index contributed by atoms with van der Waals surface area (Å²) in [7, 11) is 0. The molecule has 1 saturated carbocycles. The van der Waals surface area contributed by atoms with Gasteiger partial charge in [-0.3, -0.25) is 4.98 Å². The van der Waals surface area contributed by atoms with Crippen molar-refractivity contribution >= 4 is 22.3 Å². The van der Waals surface area contributed by atoms with Gasteiger partial charge in [-0.2, -0.15) is 0 Å². The Morgan fingerprint density at radius 1 is 1.25 bits per heavy atom. The summed E-state index contributed by atoms with van der Waals surface area (Å²) in [6.45, 7) is 1.75. The zero-order valence-electron chi connectivity index (χ0n) is 11.5. The first-order chi connectivity index (χ1) is 9.84. The maximum absolute atomic E-state index is 6.08. The van der Waals surface area contributed by atoms with E-state index in [1.54, 1.807) is 0 Å². The highest BCUT2D eigenvalue weighted by atomic mass is 16.5. The molecule has 2 aromatic rings. The minimum Gasteiger partial charge on any atom is -0.398 e. The molecule has 0 radical (unpaired) electrons. The molecular formula is C16H19N3O. The Morgan fingerprint density at radius 3 is 3.15 bits per heavy atom. The Morgan fingerprint density at radius 2 is 2.20 bits per heavy atom. The average Bonchev–Trinajstić information content (AvgIpc) is 2.97. The van der Waals surface area contributed by atoms with Crippen molar-refractivity contribution in [1.29, 1.82) is 0 Å². The zero-order chi connectivity index (χ0) is 13.5. The SMILES string of the molecule is Nc1ccc(N2CCOC3CCCC32)c2ncccc12. The van der Waals surface area contributed by atoms with Crippen molar-refractivity contribution < 1.29 is 4.74 Å². The molecule has 4 nitrogen and oxygen atoms in total. The lowest BCUT2D eigenvalue weighted by atomic mass is 10.1. The van der Waals surface area contributed by atoms with Crippen LogP contribution in [0.3, 0.4) is 0 Å². The van der Waals surface area contributed by atoms with Crippen molar-refractivity contribution in [2.75, 3.05) is 23.8 Å². The predicted octanol–water partition coefficient (Wildman–Crippen LogP) is 2.57. The van der Waals surface area contributed by atoms with Gasteiger partial charge in [0, 0.05) is 23.8 Å². The van der Waals surface area contributed by atoms with Gasteiger partial charge in [-0.15, -0.1) is 0 Å². The Bertz CT molecular complexity index is 643. The summed E-state index contributed by atoms with van der Waals surface area (Å²) in [6.07, 6.45) is 5.88. The molecule has 0 amide bonds. The normalized spacial score (nSPS) is 25.9. The average molecular weight is 269 g/mol. The van der Waals surface area contributed by atoms with E-state index in [1.165, 1.54) is 24.9 Å². The largest absolute Gasteiger partial charge is 0.398 e. The van der Waals surface area contributed by atoms with Gasteiger partial charge in [0.25, 0.3) is 0 Å². The number of hydrogen-bond donors (Lipinski definition) is 1. The molecule has 4 heteroatoms. The summed E-state index contributed by atoms with van der Waals surface area (Å²) in [5, 5.41) is 1.05. The van der Waals surface area contributed by atoms with E-state index in [0.717, 1.165) is 29.7 Å². The van der Waals surface area contributed by atoms with E-state index in [1.807, 2.05) is 24.4 Å². The molecule has 1 aliphatic heterocycles. The van der Waals surface area contributed by atoms with Crippen LogP contribution >= 0.6 is 0 Å². The number of rotatable bonds is 1. The van der Waals surface area contributed by atoms with Crippen LogP contribution in [0.15, 0.2) is 30.5 Å². The summed E-state index contributed by atoms with van der Waals surface area (Å²) in [4.78, 5) is 7.05. The first-order valence-corrected chi connectivity index (χ1v) is 7.36. The third-order valence-corrected chi connectivity index (χ3v) is 4.57. The van der Waals surface area contributed by atoms with E-state index in [2.05, 4.69) is 16.0 Å². The fourth-order valence-corrected chi connectivity index (χ4v) is 3.64. The van der Waals surface area contributed by atoms with Crippen molar-refractivity contribution in [2.24, 2.45) is 0 Å². The molecule has 2 atom stereocenters. The number of nitrogens with two attached hydrogens (primary N) is 1. The highest BCUT2D eigenvalue weighted by molar-refractivity contribution is 5.98. The summed E-state index contributed by atoms with van der Waals surface area (Å²) < 4.78 is 5.90. The molecule has 0 bridgehead atoms. The number of pyridine rings is 1. The number of hydrogen-bond acceptors (Lipinski definition) is 4. The third-order valence-electron chi connectivity index (χ3n) is 4.57. The van der Waals surface area contributed by atoms with Gasteiger partial charge in [0.15, 0.2) is 0 Å². The Kier molecular flexibility index (Phi) is 2.77. The Hall–Kier alpha value is -1.81. The highest BCUT2D eigenvalue weighted by Gasteiger charge is 2.36. The third kappa shape index (κ3) is 1.75. The lowest BCUT2D eigenvalue weighted by molar-refractivity contribution is 0.0257. The molecule has 2 aliphatic rings. The van der Waals surface area contributed by atoms with Crippen LogP contribution in [0.25, 0.3) is 10.9 Å². The number of nitrogen functional groups attached to an aromatic ring is 1. The van der Waals surface area contributed by atoms with E-state index < -0.39 is 0 Å². The minimum atomic E-state index is 0.389. The van der Waals surface area contributed by atoms with Crippen LogP contribution in [0, 0.1) is 0 Å². The molecule has 20 heavy (non-hydrogen) atoms. The molecule has 0 spiro atoms. The van der Waals surface area contributed by atoms with E-state index >= 15 is 0 Å². The molecule has 104 valence electrons. The first kappa shape index (κ1) is 12.0. The predicted molar refractivity (Wildman–Crippen MR) is 80.9 cm³/mol. The van der Waals surface area contributed by atoms with Crippen LogP contribution in [0.5, 0.6) is 0 Å². The molecular weight excluding hydrogens is 250 g/mol. The van der Waals surface area contributed by atoms with Crippen molar-refractivity contribution in [3.63, 3.8) is 0 Å². The number of nitrogens with zero attached hydrogens (tertiary/aromatic N) is 2. The number of fused-ring (bicyclic) bond motifs is 2. The van der Waals surface area contributed by atoms with Gasteiger partial charge in [-0.25, -0.2) is 0 Å². The second-order valence-electron chi connectivity index (χ2n) is 5.67. The molecule has 1 aromatic carbocycles. The topological polar surface area (TPSA) is 51.4 Å². The Labute approximate surface area is 118 Å². The van der Waals surface area contributed by atoms with E-state index in [-0.39, 0.29) is 0 Å². The molecule has 4 rings (SSSR count). The second-order valence-corrected chi connectivity index (χ2v) is 5.67. The highest BCUT2D eigenvalue weighted by Crippen LogP contribution is 2.37. The number of benzene rings is 1. The van der Waals surface area contributed by atoms with Crippen LogP contribution in [-0.4, -0.2) is 30.3 Å². The van der Waals surface area contributed by atoms with Crippen LogP contribution in [0.2, 0.25) is 0 Å². The van der Waals surface area contributed by atoms with Crippen molar-refractivity contribution in [3.05, 3.63) is 30.5 Å². The van der Waals surface area contributed by atoms with Gasteiger partial charge < -0.3 is 15.4 Å². The molecule has 1 aliphatic carbocycles. The summed E-state index contributed by atoms with van der Waals surface area (Å²) >= 11 is 0. The minimum absolute atomic E-state index is 0.389. The Balaban J connectivity index is 1.83. The molecule has 1 aromatic heterocycles. The quantitative estimate of drug-likeness (QED) is 0.808. The summed E-state index contributed by atoms with van der Waals surface area (Å²) in [6, 6.07) is 8.61. The number of ether oxygens (including phenoxy) is 1. The summed E-state index contributed by atoms with van der Waals surface area (Å²) in [5.41, 5.74) is 9.10. The lowest BCUT2D eigenvalue weighted by Crippen LogP contribution is -2.48. The smallest absolute Gasteiger partial charge is 0.0956 e. The van der Waals surface area contributed by atoms with E-state index in [0.29, 0.717) is 12.1 Å². The molecule has 1 saturated heterocycles.